The lowest BCUT2D eigenvalue weighted by atomic mass is 10.0. The summed E-state index contributed by atoms with van der Waals surface area (Å²) in [6.45, 7) is 1.68. The van der Waals surface area contributed by atoms with Crippen molar-refractivity contribution in [3.63, 3.8) is 0 Å². The number of hydrogen-bond donors (Lipinski definition) is 2. The summed E-state index contributed by atoms with van der Waals surface area (Å²) < 4.78 is 5.06. The van der Waals surface area contributed by atoms with Crippen molar-refractivity contribution in [2.75, 3.05) is 0 Å². The number of carboxylic acids is 1. The Bertz CT molecular complexity index is 637. The summed E-state index contributed by atoms with van der Waals surface area (Å²) in [5, 5.41) is 11.7. The molecular weight excluding hydrogens is 284 g/mol. The third-order valence-corrected chi connectivity index (χ3v) is 3.32. The van der Waals surface area contributed by atoms with Gasteiger partial charge < -0.3 is 14.8 Å². The highest BCUT2D eigenvalue weighted by Crippen LogP contribution is 2.11. The molecule has 1 atom stereocenters. The van der Waals surface area contributed by atoms with Gasteiger partial charge in [0, 0.05) is 12.5 Å². The van der Waals surface area contributed by atoms with Crippen LogP contribution in [0, 0.1) is 6.92 Å². The van der Waals surface area contributed by atoms with Crippen molar-refractivity contribution in [1.29, 1.82) is 0 Å². The molecule has 0 fully saturated rings. The molecule has 0 aliphatic carbocycles. The maximum Gasteiger partial charge on any atom is 0.303 e. The standard InChI is InChI=1S/C16H18N2O4/c1-11-15(22-10-17-11)16(21)18-13(7-8-14(19)20)9-12-5-3-2-4-6-12/h2-6,10,13H,7-9H2,1H3,(H,18,21)(H,19,20). The predicted octanol–water partition coefficient (Wildman–Crippen LogP) is 2.19. The molecule has 0 aliphatic heterocycles. The fourth-order valence-corrected chi connectivity index (χ4v) is 2.19. The number of carboxylic acid groups (broad SMARTS) is 1. The number of carbonyl (C=O) groups excluding carboxylic acids is 1. The van der Waals surface area contributed by atoms with Crippen molar-refractivity contribution in [2.45, 2.75) is 32.2 Å². The molecule has 0 spiro atoms. The Labute approximate surface area is 128 Å². The van der Waals surface area contributed by atoms with E-state index >= 15 is 0 Å². The van der Waals surface area contributed by atoms with Crippen molar-refractivity contribution in [2.24, 2.45) is 0 Å². The maximum absolute atomic E-state index is 12.2. The molecule has 0 saturated carbocycles. The summed E-state index contributed by atoms with van der Waals surface area (Å²) >= 11 is 0. The molecule has 2 aromatic rings. The van der Waals surface area contributed by atoms with Crippen molar-refractivity contribution < 1.29 is 19.1 Å². The molecule has 2 rings (SSSR count). The summed E-state index contributed by atoms with van der Waals surface area (Å²) in [4.78, 5) is 26.8. The molecule has 116 valence electrons. The number of amides is 1. The first-order valence-electron chi connectivity index (χ1n) is 7.03. The van der Waals surface area contributed by atoms with Crippen LogP contribution in [0.5, 0.6) is 0 Å². The van der Waals surface area contributed by atoms with E-state index < -0.39 is 5.97 Å². The molecular formula is C16H18N2O4. The zero-order chi connectivity index (χ0) is 15.9. The molecule has 2 N–H and O–H groups in total. The first-order valence-corrected chi connectivity index (χ1v) is 7.03. The van der Waals surface area contributed by atoms with Crippen LogP contribution in [0.15, 0.2) is 41.1 Å². The van der Waals surface area contributed by atoms with Gasteiger partial charge in [0.25, 0.3) is 5.91 Å². The molecule has 0 radical (unpaired) electrons. The van der Waals surface area contributed by atoms with Crippen LogP contribution in [-0.2, 0) is 11.2 Å². The highest BCUT2D eigenvalue weighted by Gasteiger charge is 2.19. The lowest BCUT2D eigenvalue weighted by Gasteiger charge is -2.17. The summed E-state index contributed by atoms with van der Waals surface area (Å²) in [6, 6.07) is 9.33. The van der Waals surface area contributed by atoms with Gasteiger partial charge in [0.05, 0.1) is 5.69 Å². The minimum atomic E-state index is -0.886. The van der Waals surface area contributed by atoms with Gasteiger partial charge in [-0.15, -0.1) is 0 Å². The first kappa shape index (κ1) is 15.8. The van der Waals surface area contributed by atoms with E-state index in [2.05, 4.69) is 10.3 Å². The van der Waals surface area contributed by atoms with Gasteiger partial charge in [-0.05, 0) is 25.3 Å². The molecule has 22 heavy (non-hydrogen) atoms. The second kappa shape index (κ2) is 7.40. The predicted molar refractivity (Wildman–Crippen MR) is 79.5 cm³/mol. The van der Waals surface area contributed by atoms with E-state index in [1.807, 2.05) is 30.3 Å². The maximum atomic E-state index is 12.2. The molecule has 0 saturated heterocycles. The van der Waals surface area contributed by atoms with E-state index in [0.29, 0.717) is 18.5 Å². The summed E-state index contributed by atoms with van der Waals surface area (Å²) in [5.74, 6) is -1.10. The molecule has 6 heteroatoms. The van der Waals surface area contributed by atoms with Gasteiger partial charge in [0.15, 0.2) is 6.39 Å². The zero-order valence-corrected chi connectivity index (χ0v) is 12.3. The lowest BCUT2D eigenvalue weighted by Crippen LogP contribution is -2.37. The Balaban J connectivity index is 2.05. The van der Waals surface area contributed by atoms with Crippen molar-refractivity contribution >= 4 is 11.9 Å². The Morgan fingerprint density at radius 2 is 2.05 bits per heavy atom. The van der Waals surface area contributed by atoms with Crippen molar-refractivity contribution in [1.82, 2.24) is 10.3 Å². The minimum Gasteiger partial charge on any atom is -0.481 e. The van der Waals surface area contributed by atoms with Crippen LogP contribution in [0.1, 0.15) is 34.7 Å². The van der Waals surface area contributed by atoms with Gasteiger partial charge in [0.1, 0.15) is 0 Å². The summed E-state index contributed by atoms with van der Waals surface area (Å²) in [5.41, 5.74) is 1.54. The molecule has 1 heterocycles. The van der Waals surface area contributed by atoms with E-state index in [4.69, 9.17) is 9.52 Å². The Kier molecular flexibility index (Phi) is 5.30. The number of rotatable bonds is 7. The summed E-state index contributed by atoms with van der Waals surface area (Å²) in [6.07, 6.45) is 2.12. The highest BCUT2D eigenvalue weighted by atomic mass is 16.4. The van der Waals surface area contributed by atoms with E-state index in [1.54, 1.807) is 6.92 Å². The van der Waals surface area contributed by atoms with Gasteiger partial charge in [-0.1, -0.05) is 30.3 Å². The highest BCUT2D eigenvalue weighted by molar-refractivity contribution is 5.92. The molecule has 6 nitrogen and oxygen atoms in total. The number of benzene rings is 1. The molecule has 1 aromatic carbocycles. The normalized spacial score (nSPS) is 11.9. The number of hydrogen-bond acceptors (Lipinski definition) is 4. The second-order valence-electron chi connectivity index (χ2n) is 5.06. The molecule has 1 aromatic heterocycles. The SMILES string of the molecule is Cc1ncoc1C(=O)NC(CCC(=O)O)Cc1ccccc1. The van der Waals surface area contributed by atoms with Crippen molar-refractivity contribution in [3.05, 3.63) is 53.7 Å². The van der Waals surface area contributed by atoms with Crippen LogP contribution in [0.3, 0.4) is 0 Å². The average Bonchev–Trinajstić information content (AvgIpc) is 2.92. The number of nitrogens with zero attached hydrogens (tertiary/aromatic N) is 1. The van der Waals surface area contributed by atoms with Gasteiger partial charge >= 0.3 is 5.97 Å². The molecule has 1 unspecified atom stereocenters. The quantitative estimate of drug-likeness (QED) is 0.818. The van der Waals surface area contributed by atoms with Crippen LogP contribution in [0.4, 0.5) is 0 Å². The topological polar surface area (TPSA) is 92.4 Å². The van der Waals surface area contributed by atoms with E-state index in [9.17, 15) is 9.59 Å². The monoisotopic (exact) mass is 302 g/mol. The summed E-state index contributed by atoms with van der Waals surface area (Å²) in [7, 11) is 0. The third kappa shape index (κ3) is 4.44. The van der Waals surface area contributed by atoms with Gasteiger partial charge in [-0.25, -0.2) is 4.98 Å². The Morgan fingerprint density at radius 3 is 2.64 bits per heavy atom. The molecule has 0 aliphatic rings. The largest absolute Gasteiger partial charge is 0.481 e. The average molecular weight is 302 g/mol. The number of oxazole rings is 1. The third-order valence-electron chi connectivity index (χ3n) is 3.32. The van der Waals surface area contributed by atoms with Crippen LogP contribution in [0.25, 0.3) is 0 Å². The second-order valence-corrected chi connectivity index (χ2v) is 5.06. The Hall–Kier alpha value is -2.63. The van der Waals surface area contributed by atoms with E-state index in [0.717, 1.165) is 5.56 Å². The van der Waals surface area contributed by atoms with Crippen LogP contribution in [-0.4, -0.2) is 28.0 Å². The lowest BCUT2D eigenvalue weighted by molar-refractivity contribution is -0.137. The smallest absolute Gasteiger partial charge is 0.303 e. The fourth-order valence-electron chi connectivity index (χ4n) is 2.19. The van der Waals surface area contributed by atoms with E-state index in [-0.39, 0.29) is 24.1 Å². The Morgan fingerprint density at radius 1 is 1.32 bits per heavy atom. The van der Waals surface area contributed by atoms with Gasteiger partial charge in [-0.2, -0.15) is 0 Å². The van der Waals surface area contributed by atoms with Gasteiger partial charge in [-0.3, -0.25) is 9.59 Å². The zero-order valence-electron chi connectivity index (χ0n) is 12.3. The van der Waals surface area contributed by atoms with Crippen molar-refractivity contribution in [3.8, 4) is 0 Å². The number of nitrogens with one attached hydrogen (secondary N) is 1. The number of aryl methyl sites for hydroxylation is 1. The molecule has 0 bridgehead atoms. The van der Waals surface area contributed by atoms with Crippen LogP contribution >= 0.6 is 0 Å². The molecule has 1 amide bonds. The fraction of sp³-hybridized carbons (Fsp3) is 0.312. The first-order chi connectivity index (χ1) is 10.6. The number of aliphatic carboxylic acids is 1. The van der Waals surface area contributed by atoms with Crippen LogP contribution in [0.2, 0.25) is 0 Å². The number of carbonyl (C=O) groups is 2. The minimum absolute atomic E-state index is 0.00678. The van der Waals surface area contributed by atoms with Gasteiger partial charge in [0.2, 0.25) is 5.76 Å². The van der Waals surface area contributed by atoms with Crippen LogP contribution < -0.4 is 5.32 Å². The van der Waals surface area contributed by atoms with E-state index in [1.165, 1.54) is 6.39 Å². The number of aromatic nitrogens is 1.